The fourth-order valence-electron chi connectivity index (χ4n) is 0. The van der Waals surface area contributed by atoms with E-state index in [2.05, 4.69) is 0 Å². The van der Waals surface area contributed by atoms with Crippen LogP contribution in [-0.2, 0) is 22.4 Å². The molecule has 0 heterocycles. The van der Waals surface area contributed by atoms with Crippen molar-refractivity contribution >= 4 is 0 Å². The van der Waals surface area contributed by atoms with E-state index >= 15 is 0 Å². The minimum absolute atomic E-state index is 0. The molecule has 0 rings (SSSR count). The van der Waals surface area contributed by atoms with E-state index in [4.69, 9.17) is 25.5 Å². The number of rotatable bonds is 0. The van der Waals surface area contributed by atoms with Crippen molar-refractivity contribution in [2.45, 2.75) is 120 Å². The second-order valence-corrected chi connectivity index (χ2v) is 6.52. The van der Waals surface area contributed by atoms with Gasteiger partial charge in [0.15, 0.2) is 0 Å². The minimum atomic E-state index is -0.417. The first-order valence-electron chi connectivity index (χ1n) is 8.45. The Morgan fingerprint density at radius 2 is 0.423 bits per heavy atom. The molecule has 0 aromatic carbocycles. The number of aliphatic hydroxyl groups is 5. The Morgan fingerprint density at radius 1 is 0.423 bits per heavy atom. The molecule has 0 spiro atoms. The summed E-state index contributed by atoms with van der Waals surface area (Å²) < 4.78 is 0. The van der Waals surface area contributed by atoms with Crippen molar-refractivity contribution in [2.75, 3.05) is 0 Å². The molecule has 0 aromatic heterocycles. The largest absolute Gasteiger partial charge is 1.00 e. The van der Waals surface area contributed by atoms with Gasteiger partial charge in [0.05, 0.1) is 0 Å². The fraction of sp³-hybridized carbons (Fsp3) is 1.00. The van der Waals surface area contributed by atoms with Gasteiger partial charge in [0.1, 0.15) is 0 Å². The maximum absolute atomic E-state index is 9.53. The van der Waals surface area contributed by atoms with E-state index in [1.807, 2.05) is 0 Å². The van der Waals surface area contributed by atoms with Crippen molar-refractivity contribution in [3.63, 3.8) is 0 Å². The van der Waals surface area contributed by atoms with E-state index in [1.54, 1.807) is 83.1 Å². The van der Waals surface area contributed by atoms with Crippen molar-refractivity contribution in [1.29, 1.82) is 0 Å². The third kappa shape index (κ3) is 12100. The third-order valence-electron chi connectivity index (χ3n) is 0. The Bertz CT molecular complexity index is 107. The van der Waals surface area contributed by atoms with Crippen molar-refractivity contribution in [3.8, 4) is 0 Å². The smallest absolute Gasteiger partial charge is 0.852 e. The first-order chi connectivity index (χ1) is 10.4. The first kappa shape index (κ1) is 50.6. The quantitative estimate of drug-likeness (QED) is 0.287. The summed E-state index contributed by atoms with van der Waals surface area (Å²) in [6, 6.07) is 0. The molecule has 161 valence electrons. The van der Waals surface area contributed by atoms with E-state index in [0.717, 1.165) is 0 Å². The van der Waals surface area contributed by atoms with Gasteiger partial charge >= 0.3 is 18.9 Å². The van der Waals surface area contributed by atoms with Crippen molar-refractivity contribution in [3.05, 3.63) is 0 Å². The van der Waals surface area contributed by atoms with Crippen LogP contribution in [0.25, 0.3) is 0 Å². The van der Waals surface area contributed by atoms with Gasteiger partial charge < -0.3 is 30.6 Å². The van der Waals surface area contributed by atoms with Crippen LogP contribution in [0.2, 0.25) is 0 Å². The second kappa shape index (κ2) is 45.1. The van der Waals surface area contributed by atoms with Gasteiger partial charge in [0.25, 0.3) is 0 Å². The van der Waals surface area contributed by atoms with Crippen LogP contribution in [0.1, 0.15) is 83.1 Å². The van der Waals surface area contributed by atoms with Gasteiger partial charge in [-0.05, 0) is 69.2 Å². The first-order valence-corrected chi connectivity index (χ1v) is 8.45. The molecule has 5 N–H and O–H groups in total. The molecule has 6 nitrogen and oxygen atoms in total. The molecule has 0 aliphatic heterocycles. The van der Waals surface area contributed by atoms with Gasteiger partial charge in [-0.3, -0.25) is 0 Å². The average molecular weight is 459 g/mol. The molecular weight excluding hydrogens is 412 g/mol. The van der Waals surface area contributed by atoms with Crippen LogP contribution >= 0.6 is 0 Å². The van der Waals surface area contributed by atoms with Crippen LogP contribution in [-0.4, -0.2) is 62.2 Å². The van der Waals surface area contributed by atoms with E-state index in [0.29, 0.717) is 0 Å². The van der Waals surface area contributed by atoms with Gasteiger partial charge in [0, 0.05) is 52.9 Å². The fourth-order valence-corrected chi connectivity index (χ4v) is 0. The van der Waals surface area contributed by atoms with Gasteiger partial charge in [-0.15, -0.1) is 6.10 Å². The maximum atomic E-state index is 9.53. The van der Waals surface area contributed by atoms with E-state index in [1.165, 1.54) is 0 Å². The number of hydrogen-bond acceptors (Lipinski definition) is 6. The SMILES string of the molecule is CC(C)O.CC(C)O.CC(C)O.CC(C)O.CC(C)O.CC(C)[O-].[Li+].[Nb]. The molecule has 8 heteroatoms. The standard InChI is InChI=1S/5C3H8O.C3H7O.Li.Nb/c6*1-3(2)4;;/h5*3-4H,1-2H3;3H,1-2H3;;/q;;;;;-1;+1;. The van der Waals surface area contributed by atoms with Gasteiger partial charge in [-0.1, -0.05) is 13.8 Å². The minimum Gasteiger partial charge on any atom is -0.852 e. The van der Waals surface area contributed by atoms with E-state index in [9.17, 15) is 5.11 Å². The van der Waals surface area contributed by atoms with Crippen LogP contribution in [0, 0.1) is 0 Å². The van der Waals surface area contributed by atoms with Crippen LogP contribution in [0.3, 0.4) is 0 Å². The molecule has 0 atom stereocenters. The summed E-state index contributed by atoms with van der Waals surface area (Å²) in [6.07, 6.45) is -1.25. The number of hydrogen-bond donors (Lipinski definition) is 5. The number of aliphatic hydroxyl groups excluding tert-OH is 5. The molecule has 1 radical (unpaired) electrons. The molecule has 0 aliphatic rings. The van der Waals surface area contributed by atoms with Crippen molar-refractivity contribution in [2.24, 2.45) is 0 Å². The third-order valence-corrected chi connectivity index (χ3v) is 0. The summed E-state index contributed by atoms with van der Waals surface area (Å²) in [5.74, 6) is 0. The molecule has 0 unspecified atom stereocenters. The molecule has 0 aromatic rings. The van der Waals surface area contributed by atoms with E-state index in [-0.39, 0.29) is 71.8 Å². The predicted molar refractivity (Wildman–Crippen MR) is 102 cm³/mol. The van der Waals surface area contributed by atoms with Crippen LogP contribution in [0.4, 0.5) is 0 Å². The van der Waals surface area contributed by atoms with Crippen LogP contribution < -0.4 is 24.0 Å². The molecule has 0 saturated carbocycles. The van der Waals surface area contributed by atoms with Crippen LogP contribution in [0.5, 0.6) is 0 Å². The van der Waals surface area contributed by atoms with Crippen LogP contribution in [0.15, 0.2) is 0 Å². The Kier molecular flexibility index (Phi) is 87.7. The summed E-state index contributed by atoms with van der Waals surface area (Å²) in [5.41, 5.74) is 0. The summed E-state index contributed by atoms with van der Waals surface area (Å²) >= 11 is 0. The van der Waals surface area contributed by atoms with Gasteiger partial charge in [-0.25, -0.2) is 0 Å². The Hall–Kier alpha value is 1.10. The molecule has 0 amide bonds. The summed E-state index contributed by atoms with van der Waals surface area (Å²) in [7, 11) is 0. The molecular formula is C18H47LiNbO6. The second-order valence-electron chi connectivity index (χ2n) is 6.52. The normalized spacial score (nSPS) is 8.31. The molecule has 0 fully saturated rings. The molecule has 0 aliphatic carbocycles. The molecule has 26 heavy (non-hydrogen) atoms. The summed E-state index contributed by atoms with van der Waals surface area (Å²) in [5, 5.41) is 49.8. The molecule has 0 saturated heterocycles. The topological polar surface area (TPSA) is 124 Å². The Labute approximate surface area is 191 Å². The average Bonchev–Trinajstić information content (AvgIpc) is 2.08. The zero-order valence-corrected chi connectivity index (χ0v) is 21.8. The molecule has 0 bridgehead atoms. The van der Waals surface area contributed by atoms with Crippen molar-refractivity contribution < 1.29 is 71.9 Å². The van der Waals surface area contributed by atoms with E-state index < -0.39 is 6.10 Å². The Morgan fingerprint density at radius 3 is 0.423 bits per heavy atom. The van der Waals surface area contributed by atoms with Gasteiger partial charge in [0.2, 0.25) is 0 Å². The summed E-state index contributed by atoms with van der Waals surface area (Å²) in [4.78, 5) is 0. The zero-order valence-electron chi connectivity index (χ0n) is 19.6. The predicted octanol–water partition coefficient (Wildman–Crippen LogP) is -1.31. The van der Waals surface area contributed by atoms with Gasteiger partial charge in [-0.2, -0.15) is 0 Å². The van der Waals surface area contributed by atoms with Crippen molar-refractivity contribution in [1.82, 2.24) is 0 Å². The zero-order chi connectivity index (χ0) is 21.5. The Balaban J connectivity index is -0.0000000245. The maximum Gasteiger partial charge on any atom is 1.00 e. The monoisotopic (exact) mass is 459 g/mol. The summed E-state index contributed by atoms with van der Waals surface area (Å²) in [6.45, 7) is 20.4.